The Labute approximate surface area is 145 Å². The van der Waals surface area contributed by atoms with E-state index in [4.69, 9.17) is 4.42 Å². The molecule has 2 heterocycles. The van der Waals surface area contributed by atoms with Crippen molar-refractivity contribution in [2.24, 2.45) is 0 Å². The Kier molecular flexibility index (Phi) is 4.68. The highest BCUT2D eigenvalue weighted by Crippen LogP contribution is 2.29. The molecule has 4 nitrogen and oxygen atoms in total. The van der Waals surface area contributed by atoms with Crippen LogP contribution >= 0.6 is 11.8 Å². The molecule has 24 heavy (non-hydrogen) atoms. The van der Waals surface area contributed by atoms with Crippen LogP contribution in [0.15, 0.2) is 46.0 Å². The van der Waals surface area contributed by atoms with Gasteiger partial charge in [0.1, 0.15) is 11.1 Å². The number of aryl methyl sites for hydroxylation is 1. The van der Waals surface area contributed by atoms with Gasteiger partial charge in [-0.1, -0.05) is 42.1 Å². The molecule has 5 heteroatoms. The van der Waals surface area contributed by atoms with Crippen molar-refractivity contribution >= 4 is 11.8 Å². The van der Waals surface area contributed by atoms with Gasteiger partial charge in [-0.05, 0) is 31.9 Å². The first-order valence-corrected chi connectivity index (χ1v) is 8.59. The molecule has 0 aliphatic heterocycles. The molecule has 0 aliphatic carbocycles. The third-order valence-corrected chi connectivity index (χ3v) is 4.98. The summed E-state index contributed by atoms with van der Waals surface area (Å²) in [4.78, 5) is 8.88. The Morgan fingerprint density at radius 1 is 1.12 bits per heavy atom. The molecule has 1 aromatic carbocycles. The molecule has 0 atom stereocenters. The summed E-state index contributed by atoms with van der Waals surface area (Å²) in [7, 11) is 0. The van der Waals surface area contributed by atoms with E-state index >= 15 is 0 Å². The zero-order chi connectivity index (χ0) is 17.1. The average molecular weight is 335 g/mol. The highest BCUT2D eigenvalue weighted by atomic mass is 32.2. The molecule has 3 rings (SSSR count). The zero-order valence-corrected chi connectivity index (χ0v) is 14.6. The van der Waals surface area contributed by atoms with Crippen LogP contribution in [0.1, 0.15) is 28.3 Å². The fourth-order valence-electron chi connectivity index (χ4n) is 2.39. The molecule has 0 radical (unpaired) electrons. The Bertz CT molecular complexity index is 910. The number of oxazole rings is 1. The Balaban J connectivity index is 1.80. The highest BCUT2D eigenvalue weighted by molar-refractivity contribution is 7.98. The first kappa shape index (κ1) is 16.3. The molecule has 0 N–H and O–H groups in total. The van der Waals surface area contributed by atoms with Crippen LogP contribution in [-0.4, -0.2) is 9.97 Å². The molecule has 120 valence electrons. The summed E-state index contributed by atoms with van der Waals surface area (Å²) in [6, 6.07) is 12.1. The maximum Gasteiger partial charge on any atom is 0.205 e. The molecular formula is C19H17N3OS. The third kappa shape index (κ3) is 3.19. The van der Waals surface area contributed by atoms with Crippen LogP contribution < -0.4 is 0 Å². The maximum absolute atomic E-state index is 9.42. The van der Waals surface area contributed by atoms with Gasteiger partial charge in [0.05, 0.1) is 17.5 Å². The normalized spacial score (nSPS) is 10.6. The molecule has 0 aliphatic rings. The van der Waals surface area contributed by atoms with Crippen molar-refractivity contribution in [2.75, 3.05) is 0 Å². The van der Waals surface area contributed by atoms with E-state index in [2.05, 4.69) is 16.0 Å². The van der Waals surface area contributed by atoms with Crippen LogP contribution in [0.5, 0.6) is 0 Å². The van der Waals surface area contributed by atoms with Crippen LogP contribution in [0.25, 0.3) is 11.3 Å². The quantitative estimate of drug-likeness (QED) is 0.639. The van der Waals surface area contributed by atoms with Gasteiger partial charge in [-0.3, -0.25) is 0 Å². The minimum atomic E-state index is 0.538. The minimum absolute atomic E-state index is 0.538. The predicted molar refractivity (Wildman–Crippen MR) is 94.7 cm³/mol. The molecule has 0 spiro atoms. The number of aromatic nitrogens is 2. The van der Waals surface area contributed by atoms with Gasteiger partial charge in [0.25, 0.3) is 0 Å². The summed E-state index contributed by atoms with van der Waals surface area (Å²) in [5.41, 5.74) is 4.65. The van der Waals surface area contributed by atoms with Gasteiger partial charge in [0, 0.05) is 11.3 Å². The Hall–Kier alpha value is -2.58. The number of pyridine rings is 1. The summed E-state index contributed by atoms with van der Waals surface area (Å²) >= 11 is 1.48. The van der Waals surface area contributed by atoms with Gasteiger partial charge in [-0.25, -0.2) is 9.97 Å². The van der Waals surface area contributed by atoms with Gasteiger partial charge in [-0.2, -0.15) is 5.26 Å². The second kappa shape index (κ2) is 6.90. The fourth-order valence-corrected chi connectivity index (χ4v) is 3.33. The second-order valence-corrected chi connectivity index (χ2v) is 6.48. The van der Waals surface area contributed by atoms with Crippen molar-refractivity contribution in [2.45, 2.75) is 31.6 Å². The molecular weight excluding hydrogens is 318 g/mol. The van der Waals surface area contributed by atoms with Crippen LogP contribution in [0.4, 0.5) is 0 Å². The summed E-state index contributed by atoms with van der Waals surface area (Å²) in [5, 5.41) is 10.2. The molecule has 0 saturated heterocycles. The lowest BCUT2D eigenvalue weighted by molar-refractivity contribution is 0.530. The van der Waals surface area contributed by atoms with Crippen molar-refractivity contribution in [3.8, 4) is 17.4 Å². The van der Waals surface area contributed by atoms with E-state index in [1.165, 1.54) is 11.8 Å². The largest absolute Gasteiger partial charge is 0.440 e. The third-order valence-electron chi connectivity index (χ3n) is 4.02. The van der Waals surface area contributed by atoms with E-state index in [0.29, 0.717) is 17.2 Å². The lowest BCUT2D eigenvalue weighted by Gasteiger charge is -2.10. The number of rotatable bonds is 4. The van der Waals surface area contributed by atoms with Gasteiger partial charge in [0.2, 0.25) is 5.89 Å². The van der Waals surface area contributed by atoms with Gasteiger partial charge < -0.3 is 4.42 Å². The zero-order valence-electron chi connectivity index (χ0n) is 13.8. The summed E-state index contributed by atoms with van der Waals surface area (Å²) in [5.74, 6) is 1.91. The number of hydrogen-bond donors (Lipinski definition) is 0. The number of nitrogens with zero attached hydrogens (tertiary/aromatic N) is 3. The molecule has 0 unspecified atom stereocenters. The predicted octanol–water partition coefficient (Wildman–Crippen LogP) is 4.83. The van der Waals surface area contributed by atoms with E-state index in [1.54, 1.807) is 6.20 Å². The van der Waals surface area contributed by atoms with E-state index in [-0.39, 0.29) is 0 Å². The van der Waals surface area contributed by atoms with Gasteiger partial charge in [-0.15, -0.1) is 0 Å². The van der Waals surface area contributed by atoms with Crippen molar-refractivity contribution in [1.82, 2.24) is 9.97 Å². The number of hydrogen-bond acceptors (Lipinski definition) is 5. The molecule has 2 aromatic heterocycles. The van der Waals surface area contributed by atoms with Crippen molar-refractivity contribution in [1.29, 1.82) is 5.26 Å². The van der Waals surface area contributed by atoms with Crippen molar-refractivity contribution in [3.05, 3.63) is 64.8 Å². The summed E-state index contributed by atoms with van der Waals surface area (Å²) in [6.45, 7) is 5.92. The lowest BCUT2D eigenvalue weighted by atomic mass is 10.1. The smallest absolute Gasteiger partial charge is 0.205 e. The SMILES string of the molecule is Cc1nc(SCc2ncc(-c3ccccc3)o2)c(C#N)c(C)c1C. The average Bonchev–Trinajstić information content (AvgIpc) is 3.08. The molecule has 0 amide bonds. The topological polar surface area (TPSA) is 62.7 Å². The number of benzene rings is 1. The molecule has 0 saturated carbocycles. The minimum Gasteiger partial charge on any atom is -0.440 e. The first-order valence-electron chi connectivity index (χ1n) is 7.61. The second-order valence-electron chi connectivity index (χ2n) is 5.51. The summed E-state index contributed by atoms with van der Waals surface area (Å²) in [6.07, 6.45) is 1.73. The van der Waals surface area contributed by atoms with E-state index in [0.717, 1.165) is 33.2 Å². The van der Waals surface area contributed by atoms with Gasteiger partial charge >= 0.3 is 0 Å². The van der Waals surface area contributed by atoms with Gasteiger partial charge in [0.15, 0.2) is 5.76 Å². The van der Waals surface area contributed by atoms with E-state index < -0.39 is 0 Å². The van der Waals surface area contributed by atoms with E-state index in [9.17, 15) is 5.26 Å². The van der Waals surface area contributed by atoms with Crippen LogP contribution in [-0.2, 0) is 5.75 Å². The Morgan fingerprint density at radius 2 is 1.88 bits per heavy atom. The molecule has 3 aromatic rings. The lowest BCUT2D eigenvalue weighted by Crippen LogP contribution is -1.99. The monoisotopic (exact) mass is 335 g/mol. The highest BCUT2D eigenvalue weighted by Gasteiger charge is 2.14. The van der Waals surface area contributed by atoms with Crippen molar-refractivity contribution in [3.63, 3.8) is 0 Å². The number of thioether (sulfide) groups is 1. The van der Waals surface area contributed by atoms with E-state index in [1.807, 2.05) is 51.1 Å². The first-order chi connectivity index (χ1) is 11.6. The fraction of sp³-hybridized carbons (Fsp3) is 0.211. The van der Waals surface area contributed by atoms with Crippen LogP contribution in [0.3, 0.4) is 0 Å². The molecule has 0 bridgehead atoms. The van der Waals surface area contributed by atoms with Crippen LogP contribution in [0.2, 0.25) is 0 Å². The number of nitriles is 1. The molecule has 0 fully saturated rings. The van der Waals surface area contributed by atoms with Crippen molar-refractivity contribution < 1.29 is 4.42 Å². The van der Waals surface area contributed by atoms with Crippen LogP contribution in [0, 0.1) is 32.1 Å². The Morgan fingerprint density at radius 3 is 2.58 bits per heavy atom. The maximum atomic E-state index is 9.42. The summed E-state index contributed by atoms with van der Waals surface area (Å²) < 4.78 is 5.81. The standard InChI is InChI=1S/C19H17N3OS/c1-12-13(2)16(9-20)19(22-14(12)3)24-11-18-21-10-17(23-18)15-7-5-4-6-8-15/h4-8,10H,11H2,1-3H3.